The van der Waals surface area contributed by atoms with Crippen molar-refractivity contribution in [3.8, 4) is 0 Å². The van der Waals surface area contributed by atoms with Crippen LogP contribution in [0, 0.1) is 5.92 Å². The maximum atomic E-state index is 13.2. The summed E-state index contributed by atoms with van der Waals surface area (Å²) in [5, 5.41) is 3.33. The zero-order valence-corrected chi connectivity index (χ0v) is 13.1. The highest BCUT2D eigenvalue weighted by molar-refractivity contribution is 6.01. The average molecular weight is 335 g/mol. The summed E-state index contributed by atoms with van der Waals surface area (Å²) < 4.78 is 39.5. The number of benzene rings is 1. The van der Waals surface area contributed by atoms with E-state index < -0.39 is 17.6 Å². The van der Waals surface area contributed by atoms with Crippen LogP contribution in [0.3, 0.4) is 0 Å². The molecule has 1 saturated heterocycles. The molecule has 2 aliphatic heterocycles. The van der Waals surface area contributed by atoms with Gasteiger partial charge in [-0.3, -0.25) is 4.79 Å². The fraction of sp³-hybridized carbons (Fsp3) is 0.533. The topological polar surface area (TPSA) is 32.3 Å². The summed E-state index contributed by atoms with van der Waals surface area (Å²) in [6.07, 6.45) is -4.50. The summed E-state index contributed by atoms with van der Waals surface area (Å²) in [5.74, 6) is -0.263. The van der Waals surface area contributed by atoms with E-state index in [0.29, 0.717) is 18.7 Å². The third-order valence-electron chi connectivity index (χ3n) is 4.32. The van der Waals surface area contributed by atoms with Crippen molar-refractivity contribution in [1.29, 1.82) is 0 Å². The van der Waals surface area contributed by atoms with Gasteiger partial charge in [-0.2, -0.15) is 13.2 Å². The molecule has 0 bridgehead atoms. The Morgan fingerprint density at radius 3 is 2.59 bits per heavy atom. The third kappa shape index (κ3) is 2.48. The molecule has 2 heterocycles. The van der Waals surface area contributed by atoms with E-state index in [9.17, 15) is 18.0 Å². The molecule has 22 heavy (non-hydrogen) atoms. The van der Waals surface area contributed by atoms with E-state index >= 15 is 0 Å². The van der Waals surface area contributed by atoms with E-state index in [1.807, 2.05) is 13.8 Å². The molecule has 0 unspecified atom stereocenters. The lowest BCUT2D eigenvalue weighted by Gasteiger charge is -2.40. The Bertz CT molecular complexity index is 589. The van der Waals surface area contributed by atoms with Crippen molar-refractivity contribution in [3.63, 3.8) is 0 Å². The SMILES string of the molecule is CC(C)[C@H]1NCCN2C(=O)c3c(cccc3C(F)(F)F)[C@@H]12.Cl. The highest BCUT2D eigenvalue weighted by Gasteiger charge is 2.48. The zero-order chi connectivity index (χ0) is 15.4. The van der Waals surface area contributed by atoms with Gasteiger partial charge in [0.15, 0.2) is 0 Å². The number of fused-ring (bicyclic) bond motifs is 3. The first-order chi connectivity index (χ1) is 9.82. The van der Waals surface area contributed by atoms with Gasteiger partial charge in [0.1, 0.15) is 0 Å². The highest BCUT2D eigenvalue weighted by atomic mass is 35.5. The van der Waals surface area contributed by atoms with Gasteiger partial charge in [0.05, 0.1) is 17.2 Å². The minimum absolute atomic E-state index is 0. The second-order valence-corrected chi connectivity index (χ2v) is 5.93. The monoisotopic (exact) mass is 334 g/mol. The number of nitrogens with zero attached hydrogens (tertiary/aromatic N) is 1. The van der Waals surface area contributed by atoms with Crippen LogP contribution >= 0.6 is 12.4 Å². The molecule has 1 aromatic rings. The maximum absolute atomic E-state index is 13.2. The van der Waals surface area contributed by atoms with Crippen molar-refractivity contribution >= 4 is 18.3 Å². The van der Waals surface area contributed by atoms with Gasteiger partial charge in [-0.05, 0) is 17.5 Å². The van der Waals surface area contributed by atoms with E-state index in [1.54, 1.807) is 11.0 Å². The van der Waals surface area contributed by atoms with Gasteiger partial charge < -0.3 is 10.2 Å². The summed E-state index contributed by atoms with van der Waals surface area (Å²) in [6.45, 7) is 5.08. The number of hydrogen-bond donors (Lipinski definition) is 1. The number of piperazine rings is 1. The normalized spacial score (nSPS) is 24.1. The Morgan fingerprint density at radius 2 is 2.00 bits per heavy atom. The molecule has 1 fully saturated rings. The lowest BCUT2D eigenvalue weighted by atomic mass is 9.88. The average Bonchev–Trinajstić information content (AvgIpc) is 2.71. The quantitative estimate of drug-likeness (QED) is 0.855. The Morgan fingerprint density at radius 1 is 1.32 bits per heavy atom. The number of nitrogens with one attached hydrogen (secondary N) is 1. The first-order valence-electron chi connectivity index (χ1n) is 7.07. The Hall–Kier alpha value is -1.27. The second kappa shape index (κ2) is 5.74. The van der Waals surface area contributed by atoms with Crippen LogP contribution in [0.5, 0.6) is 0 Å². The first kappa shape index (κ1) is 17.1. The van der Waals surface area contributed by atoms with Gasteiger partial charge in [-0.15, -0.1) is 12.4 Å². The number of hydrogen-bond acceptors (Lipinski definition) is 2. The van der Waals surface area contributed by atoms with E-state index in [1.165, 1.54) is 6.07 Å². The first-order valence-corrected chi connectivity index (χ1v) is 7.07. The molecule has 2 aliphatic rings. The van der Waals surface area contributed by atoms with Crippen molar-refractivity contribution in [1.82, 2.24) is 10.2 Å². The number of halogens is 4. The van der Waals surface area contributed by atoms with Crippen molar-refractivity contribution in [2.75, 3.05) is 13.1 Å². The molecule has 0 radical (unpaired) electrons. The van der Waals surface area contributed by atoms with Crippen molar-refractivity contribution < 1.29 is 18.0 Å². The molecule has 7 heteroatoms. The summed E-state index contributed by atoms with van der Waals surface area (Å²) in [4.78, 5) is 14.0. The predicted molar refractivity (Wildman–Crippen MR) is 79.1 cm³/mol. The van der Waals surface area contributed by atoms with Crippen molar-refractivity contribution in [2.24, 2.45) is 5.92 Å². The minimum Gasteiger partial charge on any atom is -0.329 e. The van der Waals surface area contributed by atoms with Gasteiger partial charge in [0.25, 0.3) is 5.91 Å². The van der Waals surface area contributed by atoms with Crippen LogP contribution in [0.15, 0.2) is 18.2 Å². The van der Waals surface area contributed by atoms with E-state index in [4.69, 9.17) is 0 Å². The maximum Gasteiger partial charge on any atom is 0.417 e. The van der Waals surface area contributed by atoms with Gasteiger partial charge in [-0.1, -0.05) is 26.0 Å². The van der Waals surface area contributed by atoms with E-state index in [0.717, 1.165) is 6.07 Å². The van der Waals surface area contributed by atoms with Crippen molar-refractivity contribution in [3.05, 3.63) is 34.9 Å². The molecule has 1 amide bonds. The van der Waals surface area contributed by atoms with Crippen LogP contribution in [0.1, 0.15) is 41.4 Å². The standard InChI is InChI=1S/C15H17F3N2O.ClH/c1-8(2)12-13-9-4-3-5-10(15(16,17)18)11(9)14(21)20(13)7-6-19-12;/h3-5,8,12-13,19H,6-7H2,1-2H3;1H/t12-,13+;/m1./s1. The lowest BCUT2D eigenvalue weighted by molar-refractivity contribution is -0.137. The molecule has 0 aliphatic carbocycles. The second-order valence-electron chi connectivity index (χ2n) is 5.93. The number of carbonyl (C=O) groups is 1. The van der Waals surface area contributed by atoms with Crippen LogP contribution in [0.2, 0.25) is 0 Å². The van der Waals surface area contributed by atoms with Gasteiger partial charge in [-0.25, -0.2) is 0 Å². The van der Waals surface area contributed by atoms with Crippen LogP contribution in [0.25, 0.3) is 0 Å². The molecule has 3 rings (SSSR count). The van der Waals surface area contributed by atoms with E-state index in [2.05, 4.69) is 5.32 Å². The minimum atomic E-state index is -4.50. The summed E-state index contributed by atoms with van der Waals surface area (Å²) in [7, 11) is 0. The molecule has 122 valence electrons. The molecule has 2 atom stereocenters. The molecule has 1 N–H and O–H groups in total. The summed E-state index contributed by atoms with van der Waals surface area (Å²) >= 11 is 0. The van der Waals surface area contributed by atoms with Crippen LogP contribution in [-0.2, 0) is 6.18 Å². The van der Waals surface area contributed by atoms with Gasteiger partial charge in [0.2, 0.25) is 0 Å². The molecule has 0 aromatic heterocycles. The molecular weight excluding hydrogens is 317 g/mol. The van der Waals surface area contributed by atoms with Crippen LogP contribution in [-0.4, -0.2) is 29.9 Å². The molecule has 3 nitrogen and oxygen atoms in total. The van der Waals surface area contributed by atoms with Gasteiger partial charge in [0, 0.05) is 19.1 Å². The van der Waals surface area contributed by atoms with Gasteiger partial charge >= 0.3 is 6.18 Å². The van der Waals surface area contributed by atoms with Crippen LogP contribution in [0.4, 0.5) is 13.2 Å². The Balaban J connectivity index is 0.00000176. The third-order valence-corrected chi connectivity index (χ3v) is 4.32. The summed E-state index contributed by atoms with van der Waals surface area (Å²) in [5.41, 5.74) is -0.480. The molecule has 1 aromatic carbocycles. The lowest BCUT2D eigenvalue weighted by Crippen LogP contribution is -2.53. The fourth-order valence-electron chi connectivity index (χ4n) is 3.42. The fourth-order valence-corrected chi connectivity index (χ4v) is 3.42. The van der Waals surface area contributed by atoms with Crippen LogP contribution < -0.4 is 5.32 Å². The molecular formula is C15H18ClF3N2O. The highest BCUT2D eigenvalue weighted by Crippen LogP contribution is 2.44. The zero-order valence-electron chi connectivity index (χ0n) is 12.3. The number of alkyl halides is 3. The predicted octanol–water partition coefficient (Wildman–Crippen LogP) is 3.25. The molecule has 0 spiro atoms. The van der Waals surface area contributed by atoms with E-state index in [-0.39, 0.29) is 36.0 Å². The Kier molecular flexibility index (Phi) is 4.46. The summed E-state index contributed by atoms with van der Waals surface area (Å²) in [6, 6.07) is 3.71. The molecule has 0 saturated carbocycles. The Labute approximate surface area is 133 Å². The van der Waals surface area contributed by atoms with Crippen molar-refractivity contribution in [2.45, 2.75) is 32.1 Å². The largest absolute Gasteiger partial charge is 0.417 e. The number of rotatable bonds is 1. The number of amides is 1. The smallest absolute Gasteiger partial charge is 0.329 e. The number of carbonyl (C=O) groups excluding carboxylic acids is 1.